The van der Waals surface area contributed by atoms with Gasteiger partial charge in [-0.3, -0.25) is 0 Å². The summed E-state index contributed by atoms with van der Waals surface area (Å²) in [4.78, 5) is 11.5. The molecule has 2 atom stereocenters. The summed E-state index contributed by atoms with van der Waals surface area (Å²) in [6.45, 7) is 4.26. The van der Waals surface area contributed by atoms with Gasteiger partial charge in [-0.05, 0) is 44.1 Å². The van der Waals surface area contributed by atoms with Gasteiger partial charge in [0.25, 0.3) is 0 Å². The lowest BCUT2D eigenvalue weighted by atomic mass is 9.92. The molecule has 0 spiro atoms. The van der Waals surface area contributed by atoms with Gasteiger partial charge in [0.1, 0.15) is 5.82 Å². The minimum atomic E-state index is 0.725. The molecule has 1 aromatic rings. The summed E-state index contributed by atoms with van der Waals surface area (Å²) < 4.78 is 0. The number of hydrogen-bond acceptors (Lipinski definition) is 4. The predicted molar refractivity (Wildman–Crippen MR) is 78.5 cm³/mol. The Balaban J connectivity index is 1.76. The maximum absolute atomic E-state index is 4.70. The van der Waals surface area contributed by atoms with Crippen LogP contribution >= 0.6 is 0 Å². The minimum Gasteiger partial charge on any atom is -0.354 e. The number of nitrogens with zero attached hydrogens (tertiary/aromatic N) is 3. The summed E-state index contributed by atoms with van der Waals surface area (Å²) in [5.74, 6) is 2.79. The van der Waals surface area contributed by atoms with Gasteiger partial charge in [-0.25, -0.2) is 4.98 Å². The molecule has 0 aromatic carbocycles. The van der Waals surface area contributed by atoms with Crippen molar-refractivity contribution in [1.82, 2.24) is 9.97 Å². The molecule has 2 heterocycles. The van der Waals surface area contributed by atoms with E-state index < -0.39 is 0 Å². The third-order valence-electron chi connectivity index (χ3n) is 4.46. The smallest absolute Gasteiger partial charge is 0.224 e. The number of aromatic nitrogens is 2. The number of hydrogen-bond donors (Lipinski definition) is 1. The average Bonchev–Trinajstić information content (AvgIpc) is 2.93. The lowest BCUT2D eigenvalue weighted by molar-refractivity contribution is 0.360. The largest absolute Gasteiger partial charge is 0.354 e. The molecule has 1 saturated heterocycles. The van der Waals surface area contributed by atoms with E-state index in [9.17, 15) is 0 Å². The Morgan fingerprint density at radius 1 is 1.32 bits per heavy atom. The predicted octanol–water partition coefficient (Wildman–Crippen LogP) is 3.07. The van der Waals surface area contributed by atoms with Crippen LogP contribution in [0.1, 0.15) is 45.4 Å². The highest BCUT2D eigenvalue weighted by molar-refractivity contribution is 5.44. The normalized spacial score (nSPS) is 26.3. The monoisotopic (exact) mass is 260 g/mol. The van der Waals surface area contributed by atoms with Crippen LogP contribution in [-0.4, -0.2) is 29.1 Å². The molecule has 4 nitrogen and oxygen atoms in total. The molecule has 0 radical (unpaired) electrons. The van der Waals surface area contributed by atoms with Crippen molar-refractivity contribution in [1.29, 1.82) is 0 Å². The Morgan fingerprint density at radius 2 is 2.21 bits per heavy atom. The van der Waals surface area contributed by atoms with Gasteiger partial charge in [0.05, 0.1) is 0 Å². The Bertz CT molecular complexity index is 420. The van der Waals surface area contributed by atoms with Crippen molar-refractivity contribution in [3.63, 3.8) is 0 Å². The van der Waals surface area contributed by atoms with Crippen LogP contribution < -0.4 is 10.2 Å². The number of rotatable bonds is 4. The molecule has 1 saturated carbocycles. The molecule has 2 aliphatic rings. The van der Waals surface area contributed by atoms with Gasteiger partial charge in [-0.15, -0.1) is 0 Å². The van der Waals surface area contributed by atoms with Gasteiger partial charge in [0.15, 0.2) is 0 Å². The van der Waals surface area contributed by atoms with E-state index in [2.05, 4.69) is 28.2 Å². The van der Waals surface area contributed by atoms with E-state index in [-0.39, 0.29) is 0 Å². The molecule has 104 valence electrons. The minimum absolute atomic E-state index is 0.725. The molecule has 1 aliphatic heterocycles. The zero-order valence-electron chi connectivity index (χ0n) is 11.8. The van der Waals surface area contributed by atoms with Gasteiger partial charge in [-0.1, -0.05) is 13.3 Å². The fourth-order valence-electron chi connectivity index (χ4n) is 3.57. The summed E-state index contributed by atoms with van der Waals surface area (Å²) in [5, 5.41) is 3.28. The first kappa shape index (κ1) is 12.7. The molecule has 2 unspecified atom stereocenters. The zero-order chi connectivity index (χ0) is 13.1. The van der Waals surface area contributed by atoms with Gasteiger partial charge >= 0.3 is 0 Å². The maximum atomic E-state index is 4.70. The quantitative estimate of drug-likeness (QED) is 0.903. The van der Waals surface area contributed by atoms with Crippen LogP contribution in [0.25, 0.3) is 0 Å². The number of piperidine rings is 1. The van der Waals surface area contributed by atoms with Crippen LogP contribution in [0.4, 0.5) is 11.8 Å². The van der Waals surface area contributed by atoms with Crippen LogP contribution in [0.3, 0.4) is 0 Å². The van der Waals surface area contributed by atoms with E-state index in [1.54, 1.807) is 0 Å². The first-order valence-corrected chi connectivity index (χ1v) is 7.72. The summed E-state index contributed by atoms with van der Waals surface area (Å²) in [5.41, 5.74) is 0. The maximum Gasteiger partial charge on any atom is 0.224 e. The Kier molecular flexibility index (Phi) is 3.85. The third kappa shape index (κ3) is 2.67. The molecule has 0 amide bonds. The Hall–Kier alpha value is -1.32. The van der Waals surface area contributed by atoms with Gasteiger partial charge in [0.2, 0.25) is 5.95 Å². The molecule has 3 rings (SSSR count). The first-order valence-electron chi connectivity index (χ1n) is 7.72. The molecule has 1 aliphatic carbocycles. The highest BCUT2D eigenvalue weighted by Gasteiger charge is 2.35. The topological polar surface area (TPSA) is 41.1 Å². The molecule has 0 bridgehead atoms. The zero-order valence-corrected chi connectivity index (χ0v) is 11.8. The molecule has 4 heteroatoms. The van der Waals surface area contributed by atoms with Crippen LogP contribution in [0.5, 0.6) is 0 Å². The highest BCUT2D eigenvalue weighted by atomic mass is 15.3. The Morgan fingerprint density at radius 3 is 3.11 bits per heavy atom. The van der Waals surface area contributed by atoms with E-state index in [1.165, 1.54) is 32.1 Å². The summed E-state index contributed by atoms with van der Waals surface area (Å²) >= 11 is 0. The number of fused-ring (bicyclic) bond motifs is 1. The van der Waals surface area contributed by atoms with Crippen molar-refractivity contribution in [2.75, 3.05) is 23.3 Å². The lowest BCUT2D eigenvalue weighted by Crippen LogP contribution is -2.43. The molecular weight excluding hydrogens is 236 g/mol. The van der Waals surface area contributed by atoms with Crippen LogP contribution in [0.15, 0.2) is 12.3 Å². The van der Waals surface area contributed by atoms with Gasteiger partial charge in [0, 0.05) is 25.3 Å². The van der Waals surface area contributed by atoms with Crippen LogP contribution in [0.2, 0.25) is 0 Å². The molecule has 1 N–H and O–H groups in total. The van der Waals surface area contributed by atoms with Crippen LogP contribution in [-0.2, 0) is 0 Å². The lowest BCUT2D eigenvalue weighted by Gasteiger charge is -2.38. The highest BCUT2D eigenvalue weighted by Crippen LogP contribution is 2.38. The van der Waals surface area contributed by atoms with E-state index in [4.69, 9.17) is 4.98 Å². The fraction of sp³-hybridized carbons (Fsp3) is 0.733. The van der Waals surface area contributed by atoms with Crippen molar-refractivity contribution in [2.24, 2.45) is 5.92 Å². The van der Waals surface area contributed by atoms with E-state index >= 15 is 0 Å². The van der Waals surface area contributed by atoms with E-state index in [0.717, 1.165) is 43.2 Å². The van der Waals surface area contributed by atoms with Crippen molar-refractivity contribution in [3.8, 4) is 0 Å². The standard InChI is InChI=1S/C15H24N4/c1-2-9-16-15-17-10-8-14(18-15)19-11-4-6-12-5-3-7-13(12)19/h8,10,12-13H,2-7,9,11H2,1H3,(H,16,17,18). The first-order chi connectivity index (χ1) is 9.38. The molecule has 19 heavy (non-hydrogen) atoms. The van der Waals surface area contributed by atoms with Gasteiger partial charge < -0.3 is 10.2 Å². The van der Waals surface area contributed by atoms with Crippen molar-refractivity contribution in [3.05, 3.63) is 12.3 Å². The Labute approximate surface area is 115 Å². The van der Waals surface area contributed by atoms with Crippen molar-refractivity contribution >= 4 is 11.8 Å². The second-order valence-corrected chi connectivity index (χ2v) is 5.76. The molecule has 2 fully saturated rings. The van der Waals surface area contributed by atoms with Crippen molar-refractivity contribution < 1.29 is 0 Å². The summed E-state index contributed by atoms with van der Waals surface area (Å²) in [6.07, 6.45) is 9.84. The summed E-state index contributed by atoms with van der Waals surface area (Å²) in [6, 6.07) is 2.79. The van der Waals surface area contributed by atoms with Crippen LogP contribution in [0, 0.1) is 5.92 Å². The van der Waals surface area contributed by atoms with Crippen molar-refractivity contribution in [2.45, 2.75) is 51.5 Å². The van der Waals surface area contributed by atoms with E-state index in [1.807, 2.05) is 6.20 Å². The molecule has 1 aromatic heterocycles. The second kappa shape index (κ2) is 5.76. The van der Waals surface area contributed by atoms with Gasteiger partial charge in [-0.2, -0.15) is 4.98 Å². The number of anilines is 2. The third-order valence-corrected chi connectivity index (χ3v) is 4.46. The summed E-state index contributed by atoms with van der Waals surface area (Å²) in [7, 11) is 0. The second-order valence-electron chi connectivity index (χ2n) is 5.76. The average molecular weight is 260 g/mol. The fourth-order valence-corrected chi connectivity index (χ4v) is 3.57. The number of nitrogens with one attached hydrogen (secondary N) is 1. The SMILES string of the molecule is CCCNc1nccc(N2CCCC3CCCC32)n1. The molecular formula is C15H24N4. The van der Waals surface area contributed by atoms with E-state index in [0.29, 0.717) is 0 Å².